The van der Waals surface area contributed by atoms with Crippen LogP contribution in [0.15, 0.2) is 54.6 Å². The van der Waals surface area contributed by atoms with Gasteiger partial charge in [0, 0.05) is 5.56 Å². The van der Waals surface area contributed by atoms with Crippen LogP contribution in [-0.4, -0.2) is 17.4 Å². The van der Waals surface area contributed by atoms with Gasteiger partial charge in [0.2, 0.25) is 0 Å². The van der Waals surface area contributed by atoms with Crippen molar-refractivity contribution in [2.75, 3.05) is 0 Å². The molecule has 0 aromatic heterocycles. The van der Waals surface area contributed by atoms with Gasteiger partial charge in [0.1, 0.15) is 6.29 Å². The number of hydrogen-bond acceptors (Lipinski definition) is 2. The first-order chi connectivity index (χ1) is 11.2. The number of aliphatic carboxylic acids is 1. The Morgan fingerprint density at radius 2 is 1.43 bits per heavy atom. The van der Waals surface area contributed by atoms with Gasteiger partial charge >= 0.3 is 5.97 Å². The summed E-state index contributed by atoms with van der Waals surface area (Å²) in [6, 6.07) is 17.7. The lowest BCUT2D eigenvalue weighted by molar-refractivity contribution is -0.142. The maximum Gasteiger partial charge on any atom is 0.306 e. The molecule has 3 nitrogen and oxygen atoms in total. The second kappa shape index (κ2) is 8.89. The van der Waals surface area contributed by atoms with Crippen LogP contribution >= 0.6 is 0 Å². The van der Waals surface area contributed by atoms with Crippen molar-refractivity contribution in [2.24, 2.45) is 5.92 Å². The van der Waals surface area contributed by atoms with Crippen LogP contribution in [0.3, 0.4) is 0 Å². The van der Waals surface area contributed by atoms with Crippen molar-refractivity contribution in [3.05, 3.63) is 60.2 Å². The van der Waals surface area contributed by atoms with Crippen LogP contribution in [-0.2, 0) is 4.79 Å². The van der Waals surface area contributed by atoms with E-state index in [1.54, 1.807) is 0 Å². The molecule has 1 aliphatic rings. The fraction of sp³-hybridized carbons (Fsp3) is 0.300. The largest absolute Gasteiger partial charge is 0.481 e. The average Bonchev–Trinajstić information content (AvgIpc) is 2.64. The summed E-state index contributed by atoms with van der Waals surface area (Å²) >= 11 is 0. The lowest BCUT2D eigenvalue weighted by atomic mass is 9.90. The Balaban J connectivity index is 0.000000185. The van der Waals surface area contributed by atoms with Gasteiger partial charge in [-0.3, -0.25) is 9.59 Å². The molecule has 0 radical (unpaired) electrons. The first-order valence-corrected chi connectivity index (χ1v) is 8.04. The van der Waals surface area contributed by atoms with Crippen molar-refractivity contribution < 1.29 is 14.7 Å². The monoisotopic (exact) mass is 310 g/mol. The molecular weight excluding hydrogens is 288 g/mol. The summed E-state index contributed by atoms with van der Waals surface area (Å²) in [5, 5.41) is 8.54. The minimum absolute atomic E-state index is 0.0289. The number of carboxylic acids is 1. The van der Waals surface area contributed by atoms with Gasteiger partial charge in [0.25, 0.3) is 0 Å². The number of carbonyl (C=O) groups is 2. The third-order valence-corrected chi connectivity index (χ3v) is 4.11. The summed E-state index contributed by atoms with van der Waals surface area (Å²) in [5.74, 6) is -0.631. The zero-order valence-corrected chi connectivity index (χ0v) is 13.2. The number of benzene rings is 2. The maximum atomic E-state index is 10.5. The van der Waals surface area contributed by atoms with E-state index >= 15 is 0 Å². The predicted octanol–water partition coefficient (Wildman–Crippen LogP) is 4.82. The van der Waals surface area contributed by atoms with Gasteiger partial charge in [-0.1, -0.05) is 73.9 Å². The van der Waals surface area contributed by atoms with Gasteiger partial charge in [-0.25, -0.2) is 0 Å². The predicted molar refractivity (Wildman–Crippen MR) is 91.5 cm³/mol. The minimum Gasteiger partial charge on any atom is -0.481 e. The zero-order valence-electron chi connectivity index (χ0n) is 13.2. The van der Waals surface area contributed by atoms with E-state index in [0.29, 0.717) is 5.56 Å². The molecule has 2 aromatic carbocycles. The molecule has 0 aliphatic heterocycles. The minimum atomic E-state index is -0.602. The highest BCUT2D eigenvalue weighted by Gasteiger charge is 2.19. The summed E-state index contributed by atoms with van der Waals surface area (Å²) in [7, 11) is 0. The summed E-state index contributed by atoms with van der Waals surface area (Å²) < 4.78 is 0. The van der Waals surface area contributed by atoms with Gasteiger partial charge in [0.05, 0.1) is 5.92 Å². The Hall–Kier alpha value is -2.42. The van der Waals surface area contributed by atoms with Crippen LogP contribution in [0.2, 0.25) is 0 Å². The number of hydrogen-bond donors (Lipinski definition) is 1. The van der Waals surface area contributed by atoms with Gasteiger partial charge in [-0.2, -0.15) is 0 Å². The Morgan fingerprint density at radius 1 is 0.870 bits per heavy atom. The molecule has 3 rings (SSSR count). The smallest absolute Gasteiger partial charge is 0.306 e. The third kappa shape index (κ3) is 5.37. The molecule has 0 bridgehead atoms. The molecule has 120 valence electrons. The summed E-state index contributed by atoms with van der Waals surface area (Å²) in [6.07, 6.45) is 6.09. The van der Waals surface area contributed by atoms with Gasteiger partial charge < -0.3 is 5.11 Å². The van der Waals surface area contributed by atoms with E-state index in [9.17, 15) is 9.59 Å². The van der Waals surface area contributed by atoms with Crippen molar-refractivity contribution in [2.45, 2.75) is 32.1 Å². The third-order valence-electron chi connectivity index (χ3n) is 4.11. The molecule has 1 saturated carbocycles. The van der Waals surface area contributed by atoms with Crippen molar-refractivity contribution in [1.29, 1.82) is 0 Å². The Morgan fingerprint density at radius 3 is 1.91 bits per heavy atom. The topological polar surface area (TPSA) is 54.4 Å². The van der Waals surface area contributed by atoms with Crippen LogP contribution in [0.1, 0.15) is 42.5 Å². The Kier molecular flexibility index (Phi) is 6.55. The summed E-state index contributed by atoms with van der Waals surface area (Å²) in [6.45, 7) is 0. The number of carboxylic acid groups (broad SMARTS) is 1. The molecule has 0 spiro atoms. The van der Waals surface area contributed by atoms with Crippen LogP contribution in [0.5, 0.6) is 0 Å². The molecule has 0 amide bonds. The average molecular weight is 310 g/mol. The van der Waals surface area contributed by atoms with Crippen molar-refractivity contribution >= 4 is 12.3 Å². The van der Waals surface area contributed by atoms with Crippen molar-refractivity contribution in [1.82, 2.24) is 0 Å². The highest BCUT2D eigenvalue weighted by atomic mass is 16.4. The molecule has 1 aliphatic carbocycles. The lowest BCUT2D eigenvalue weighted by Gasteiger charge is -2.16. The highest BCUT2D eigenvalue weighted by Crippen LogP contribution is 2.23. The lowest BCUT2D eigenvalue weighted by Crippen LogP contribution is -2.16. The number of aldehydes is 1. The first-order valence-electron chi connectivity index (χ1n) is 8.04. The molecule has 23 heavy (non-hydrogen) atoms. The fourth-order valence-electron chi connectivity index (χ4n) is 2.73. The van der Waals surface area contributed by atoms with Gasteiger partial charge in [-0.05, 0) is 24.0 Å². The second-order valence-corrected chi connectivity index (χ2v) is 5.78. The first kappa shape index (κ1) is 16.9. The van der Waals surface area contributed by atoms with E-state index in [-0.39, 0.29) is 5.92 Å². The maximum absolute atomic E-state index is 10.5. The van der Waals surface area contributed by atoms with E-state index in [1.807, 2.05) is 42.5 Å². The molecule has 0 atom stereocenters. The van der Waals surface area contributed by atoms with Gasteiger partial charge in [0.15, 0.2) is 0 Å². The highest BCUT2D eigenvalue weighted by molar-refractivity contribution is 5.76. The fourth-order valence-corrected chi connectivity index (χ4v) is 2.73. The summed E-state index contributed by atoms with van der Waals surface area (Å²) in [5.41, 5.74) is 3.02. The number of rotatable bonds is 3. The number of carbonyl (C=O) groups excluding carboxylic acids is 1. The van der Waals surface area contributed by atoms with Crippen molar-refractivity contribution in [3.8, 4) is 11.1 Å². The zero-order chi connectivity index (χ0) is 16.5. The molecule has 0 saturated heterocycles. The van der Waals surface area contributed by atoms with E-state index in [4.69, 9.17) is 5.11 Å². The second-order valence-electron chi connectivity index (χ2n) is 5.78. The van der Waals surface area contributed by atoms with Crippen molar-refractivity contribution in [3.63, 3.8) is 0 Å². The SMILES string of the molecule is O=C(O)C1CCCCC1.O=Cc1ccc(-c2ccccc2)cc1. The standard InChI is InChI=1S/C13H10O.C7H12O2/c14-10-11-6-8-13(9-7-11)12-4-2-1-3-5-12;8-7(9)6-4-2-1-3-5-6/h1-10H;6H,1-5H2,(H,8,9). The van der Waals surface area contributed by atoms with Crippen LogP contribution in [0.4, 0.5) is 0 Å². The summed E-state index contributed by atoms with van der Waals surface area (Å²) in [4.78, 5) is 20.8. The van der Waals surface area contributed by atoms with Crippen LogP contribution < -0.4 is 0 Å². The van der Waals surface area contributed by atoms with Gasteiger partial charge in [-0.15, -0.1) is 0 Å². The Labute approximate surface area is 137 Å². The molecule has 0 unspecified atom stereocenters. The Bertz CT molecular complexity index is 611. The molecular formula is C20H22O3. The van der Waals surface area contributed by atoms with E-state index in [1.165, 1.54) is 12.0 Å². The van der Waals surface area contributed by atoms with Crippen LogP contribution in [0.25, 0.3) is 11.1 Å². The molecule has 0 heterocycles. The normalized spacial score (nSPS) is 14.4. The molecule has 1 N–H and O–H groups in total. The molecule has 2 aromatic rings. The molecule has 1 fully saturated rings. The van der Waals surface area contributed by atoms with E-state index < -0.39 is 5.97 Å². The van der Waals surface area contributed by atoms with Crippen LogP contribution in [0, 0.1) is 5.92 Å². The van der Waals surface area contributed by atoms with E-state index in [2.05, 4.69) is 12.1 Å². The molecule has 3 heteroatoms. The quantitative estimate of drug-likeness (QED) is 0.827. The van der Waals surface area contributed by atoms with E-state index in [0.717, 1.165) is 37.5 Å².